The highest BCUT2D eigenvalue weighted by Gasteiger charge is 2.21. The first-order valence-electron chi connectivity index (χ1n) is 11.0. The predicted octanol–water partition coefficient (Wildman–Crippen LogP) is 1.63. The summed E-state index contributed by atoms with van der Waals surface area (Å²) >= 11 is 0. The molecule has 3 aromatic rings. The molecule has 2 amide bonds. The van der Waals surface area contributed by atoms with Crippen molar-refractivity contribution in [2.24, 2.45) is 0 Å². The number of piperazine rings is 1. The number of H-pyrrole nitrogens is 1. The van der Waals surface area contributed by atoms with E-state index in [1.165, 1.54) is 5.56 Å². The second kappa shape index (κ2) is 8.96. The third kappa shape index (κ3) is 4.29. The Morgan fingerprint density at radius 1 is 1.00 bits per heavy atom. The number of nitrogens with one attached hydrogen (secondary N) is 2. The van der Waals surface area contributed by atoms with Crippen molar-refractivity contribution in [3.63, 3.8) is 0 Å². The average molecular weight is 438 g/mol. The Bertz CT molecular complexity index is 1160. The quantitative estimate of drug-likeness (QED) is 0.633. The molecule has 0 saturated carbocycles. The summed E-state index contributed by atoms with van der Waals surface area (Å²) < 4.78 is 12.9. The summed E-state index contributed by atoms with van der Waals surface area (Å²) in [4.78, 5) is 31.7. The summed E-state index contributed by atoms with van der Waals surface area (Å²) in [5.41, 5.74) is 2.67. The van der Waals surface area contributed by atoms with Crippen LogP contribution in [0.25, 0.3) is 11.0 Å². The van der Waals surface area contributed by atoms with Gasteiger partial charge in [-0.1, -0.05) is 18.2 Å². The lowest BCUT2D eigenvalue weighted by Crippen LogP contribution is -2.51. The number of nitrogens with zero attached hydrogens (tertiary/aromatic N) is 3. The molecule has 0 spiro atoms. The third-order valence-electron chi connectivity index (χ3n) is 5.97. The van der Waals surface area contributed by atoms with Crippen LogP contribution in [0.5, 0.6) is 11.5 Å². The summed E-state index contributed by atoms with van der Waals surface area (Å²) in [5.74, 6) is 1.61. The molecule has 0 bridgehead atoms. The molecule has 1 aromatic heterocycles. The van der Waals surface area contributed by atoms with Crippen LogP contribution in [0.4, 0.5) is 4.79 Å². The van der Waals surface area contributed by atoms with Crippen molar-refractivity contribution < 1.29 is 14.3 Å². The summed E-state index contributed by atoms with van der Waals surface area (Å²) in [7, 11) is 0. The van der Waals surface area contributed by atoms with Gasteiger partial charge in [0.15, 0.2) is 11.5 Å². The first kappa shape index (κ1) is 20.4. The van der Waals surface area contributed by atoms with Gasteiger partial charge in [-0.05, 0) is 29.8 Å². The Morgan fingerprint density at radius 2 is 1.78 bits per heavy atom. The maximum absolute atomic E-state index is 12.6. The highest BCUT2D eigenvalue weighted by Crippen LogP contribution is 2.31. The molecule has 3 heterocycles. The van der Waals surface area contributed by atoms with Crippen LogP contribution in [0.15, 0.2) is 47.3 Å². The van der Waals surface area contributed by atoms with E-state index in [0.29, 0.717) is 39.4 Å². The van der Waals surface area contributed by atoms with Crippen LogP contribution in [0.1, 0.15) is 5.56 Å². The Morgan fingerprint density at radius 3 is 2.62 bits per heavy atom. The van der Waals surface area contributed by atoms with Gasteiger partial charge in [0, 0.05) is 45.8 Å². The molecule has 2 aliphatic rings. The van der Waals surface area contributed by atoms with Crippen LogP contribution in [0.2, 0.25) is 0 Å². The number of aromatic nitrogens is 2. The third-order valence-corrected chi connectivity index (χ3v) is 5.97. The summed E-state index contributed by atoms with van der Waals surface area (Å²) in [6.07, 6.45) is 0. The van der Waals surface area contributed by atoms with Crippen molar-refractivity contribution in [1.82, 2.24) is 24.7 Å². The fraction of sp³-hybridized carbons (Fsp3) is 0.391. The molecule has 0 aliphatic carbocycles. The predicted molar refractivity (Wildman–Crippen MR) is 120 cm³/mol. The number of benzene rings is 2. The lowest BCUT2D eigenvalue weighted by molar-refractivity contribution is 0.134. The number of hydrogen-bond acceptors (Lipinski definition) is 5. The minimum Gasteiger partial charge on any atom is -0.486 e. The number of carbonyl (C=O) groups is 1. The molecule has 0 radical (unpaired) electrons. The molecule has 0 unspecified atom stereocenters. The molecular weight excluding hydrogens is 410 g/mol. The van der Waals surface area contributed by atoms with Crippen LogP contribution in [-0.4, -0.2) is 71.3 Å². The van der Waals surface area contributed by atoms with Gasteiger partial charge in [-0.25, -0.2) is 9.59 Å². The number of carbonyl (C=O) groups excluding carboxylic acids is 1. The van der Waals surface area contributed by atoms with Crippen molar-refractivity contribution in [2.75, 3.05) is 45.9 Å². The summed E-state index contributed by atoms with van der Waals surface area (Å²) in [5, 5.41) is 2.95. The summed E-state index contributed by atoms with van der Waals surface area (Å²) in [6, 6.07) is 13.5. The van der Waals surface area contributed by atoms with Crippen LogP contribution < -0.4 is 20.5 Å². The van der Waals surface area contributed by atoms with Gasteiger partial charge in [-0.15, -0.1) is 0 Å². The fourth-order valence-electron chi connectivity index (χ4n) is 4.27. The van der Waals surface area contributed by atoms with E-state index >= 15 is 0 Å². The molecule has 2 aromatic carbocycles. The van der Waals surface area contributed by atoms with Gasteiger partial charge in [-0.2, -0.15) is 0 Å². The molecule has 1 saturated heterocycles. The van der Waals surface area contributed by atoms with Gasteiger partial charge >= 0.3 is 11.7 Å². The van der Waals surface area contributed by atoms with Crippen molar-refractivity contribution >= 4 is 17.1 Å². The summed E-state index contributed by atoms with van der Waals surface area (Å²) in [6.45, 7) is 5.78. The lowest BCUT2D eigenvalue weighted by atomic mass is 10.1. The van der Waals surface area contributed by atoms with E-state index in [1.807, 2.05) is 41.3 Å². The number of ether oxygens (including phenoxy) is 2. The standard InChI is InChI=1S/C23H27N5O4/c29-22(24-7-8-28-19-4-2-1-3-18(19)25-23(28)30)27-11-9-26(10-12-27)16-17-5-6-20-21(15-17)32-14-13-31-20/h1-6,15H,7-14,16H2,(H,24,29)(H,25,30). The number of aromatic amines is 1. The molecule has 9 heteroatoms. The molecular formula is C23H27N5O4. The second-order valence-corrected chi connectivity index (χ2v) is 8.07. The van der Waals surface area contributed by atoms with Crippen LogP contribution in [0.3, 0.4) is 0 Å². The molecule has 32 heavy (non-hydrogen) atoms. The molecule has 2 N–H and O–H groups in total. The molecule has 2 aliphatic heterocycles. The average Bonchev–Trinajstić information content (AvgIpc) is 3.14. The highest BCUT2D eigenvalue weighted by molar-refractivity contribution is 5.75. The maximum Gasteiger partial charge on any atom is 0.326 e. The lowest BCUT2D eigenvalue weighted by Gasteiger charge is -2.34. The van der Waals surface area contributed by atoms with Crippen molar-refractivity contribution in [1.29, 1.82) is 0 Å². The smallest absolute Gasteiger partial charge is 0.326 e. The number of fused-ring (bicyclic) bond motifs is 2. The second-order valence-electron chi connectivity index (χ2n) is 8.07. The zero-order valence-electron chi connectivity index (χ0n) is 17.9. The SMILES string of the molecule is O=C(NCCn1c(=O)[nH]c2ccccc21)N1CCN(Cc2ccc3c(c2)OCCO3)CC1. The molecule has 168 valence electrons. The van der Waals surface area contributed by atoms with Gasteiger partial charge in [0.2, 0.25) is 0 Å². The Labute approximate surface area is 185 Å². The molecule has 5 rings (SSSR count). The number of urea groups is 1. The van der Waals surface area contributed by atoms with E-state index in [2.05, 4.69) is 21.3 Å². The minimum absolute atomic E-state index is 0.0862. The van der Waals surface area contributed by atoms with Gasteiger partial charge in [0.05, 0.1) is 11.0 Å². The Hall–Kier alpha value is -3.46. The van der Waals surface area contributed by atoms with Gasteiger partial charge < -0.3 is 24.7 Å². The van der Waals surface area contributed by atoms with Crippen molar-refractivity contribution in [3.05, 3.63) is 58.5 Å². The van der Waals surface area contributed by atoms with Crippen LogP contribution in [-0.2, 0) is 13.1 Å². The van der Waals surface area contributed by atoms with Crippen molar-refractivity contribution in [2.45, 2.75) is 13.1 Å². The normalized spacial score (nSPS) is 16.3. The zero-order valence-corrected chi connectivity index (χ0v) is 17.9. The van der Waals surface area contributed by atoms with E-state index in [-0.39, 0.29) is 11.7 Å². The Kier molecular flexibility index (Phi) is 5.72. The van der Waals surface area contributed by atoms with Crippen LogP contribution >= 0.6 is 0 Å². The fourth-order valence-corrected chi connectivity index (χ4v) is 4.27. The maximum atomic E-state index is 12.6. The largest absolute Gasteiger partial charge is 0.486 e. The zero-order chi connectivity index (χ0) is 21.9. The monoisotopic (exact) mass is 437 g/mol. The minimum atomic E-state index is -0.159. The van der Waals surface area contributed by atoms with Crippen molar-refractivity contribution in [3.8, 4) is 11.5 Å². The number of rotatable bonds is 5. The first-order chi connectivity index (χ1) is 15.7. The molecule has 1 fully saturated rings. The number of para-hydroxylation sites is 2. The first-order valence-corrected chi connectivity index (χ1v) is 11.0. The van der Waals surface area contributed by atoms with Gasteiger partial charge in [0.25, 0.3) is 0 Å². The molecule has 0 atom stereocenters. The topological polar surface area (TPSA) is 91.8 Å². The van der Waals surface area contributed by atoms with E-state index in [9.17, 15) is 9.59 Å². The van der Waals surface area contributed by atoms with E-state index < -0.39 is 0 Å². The van der Waals surface area contributed by atoms with E-state index in [1.54, 1.807) is 4.57 Å². The molecule has 9 nitrogen and oxygen atoms in total. The van der Waals surface area contributed by atoms with Crippen LogP contribution in [0, 0.1) is 0 Å². The van der Waals surface area contributed by atoms with Gasteiger partial charge in [-0.3, -0.25) is 9.47 Å². The van der Waals surface area contributed by atoms with E-state index in [4.69, 9.17) is 9.47 Å². The Balaban J connectivity index is 1.09. The van der Waals surface area contributed by atoms with E-state index in [0.717, 1.165) is 42.2 Å². The number of imidazole rings is 1. The number of amides is 2. The number of hydrogen-bond donors (Lipinski definition) is 2. The highest BCUT2D eigenvalue weighted by atomic mass is 16.6. The van der Waals surface area contributed by atoms with Gasteiger partial charge in [0.1, 0.15) is 13.2 Å².